The van der Waals surface area contributed by atoms with Gasteiger partial charge in [0.25, 0.3) is 5.91 Å². The standard InChI is InChI=1S/C34H32BrN5O5/c1-21(38(2)34(43)44)32(41)37-28-20-39(18-23-10-8-22(17-36)9-11-23)29-6-4-5-7-30(29)40(33(28)42)19-27-26-14-13-25(35)16-24(26)12-15-31(27)45-3/h4-16,21,28H,18-20H2,1-3H3,(H,37,41)(H,43,44)/t21-,28-/m0/s1. The minimum atomic E-state index is -1.25. The van der Waals surface area contributed by atoms with E-state index in [0.29, 0.717) is 23.5 Å². The fraction of sp³-hybridized carbons (Fsp3) is 0.235. The molecule has 1 aliphatic rings. The van der Waals surface area contributed by atoms with Crippen LogP contribution in [0.4, 0.5) is 16.2 Å². The number of para-hydroxylation sites is 2. The number of amides is 3. The summed E-state index contributed by atoms with van der Waals surface area (Å²) in [6.45, 7) is 2.15. The number of fused-ring (bicyclic) bond motifs is 2. The largest absolute Gasteiger partial charge is 0.496 e. The summed E-state index contributed by atoms with van der Waals surface area (Å²) in [5.74, 6) is -0.319. The number of carboxylic acid groups (broad SMARTS) is 1. The maximum atomic E-state index is 14.5. The summed E-state index contributed by atoms with van der Waals surface area (Å²) < 4.78 is 6.68. The molecule has 0 fully saturated rings. The van der Waals surface area contributed by atoms with Crippen molar-refractivity contribution in [1.29, 1.82) is 5.26 Å². The number of hydrogen-bond donors (Lipinski definition) is 2. The number of halogens is 1. The summed E-state index contributed by atoms with van der Waals surface area (Å²) in [5, 5.41) is 23.4. The molecule has 45 heavy (non-hydrogen) atoms. The average Bonchev–Trinajstić information content (AvgIpc) is 3.15. The lowest BCUT2D eigenvalue weighted by Gasteiger charge is -2.29. The molecule has 0 radical (unpaired) electrons. The molecule has 1 heterocycles. The Morgan fingerprint density at radius 2 is 1.80 bits per heavy atom. The van der Waals surface area contributed by atoms with Crippen LogP contribution >= 0.6 is 15.9 Å². The topological polar surface area (TPSA) is 126 Å². The van der Waals surface area contributed by atoms with Crippen LogP contribution in [-0.4, -0.2) is 60.7 Å². The van der Waals surface area contributed by atoms with Crippen molar-refractivity contribution >= 4 is 56.0 Å². The van der Waals surface area contributed by atoms with Crippen molar-refractivity contribution in [2.75, 3.05) is 30.5 Å². The summed E-state index contributed by atoms with van der Waals surface area (Å²) in [5.41, 5.74) is 3.68. The van der Waals surface area contributed by atoms with Crippen LogP contribution in [0.5, 0.6) is 5.75 Å². The first-order chi connectivity index (χ1) is 21.6. The number of anilines is 2. The molecule has 2 N–H and O–H groups in total. The molecule has 230 valence electrons. The molecular weight excluding hydrogens is 638 g/mol. The molecule has 3 amide bonds. The van der Waals surface area contributed by atoms with E-state index in [4.69, 9.17) is 4.74 Å². The molecule has 0 saturated carbocycles. The number of methoxy groups -OCH3 is 1. The number of carbonyl (C=O) groups is 3. The molecule has 0 aliphatic carbocycles. The summed E-state index contributed by atoms with van der Waals surface area (Å²) in [4.78, 5) is 44.0. The zero-order chi connectivity index (χ0) is 32.2. The first-order valence-electron chi connectivity index (χ1n) is 14.3. The Balaban J connectivity index is 1.60. The van der Waals surface area contributed by atoms with Crippen molar-refractivity contribution in [3.63, 3.8) is 0 Å². The molecule has 0 saturated heterocycles. The fourth-order valence-corrected chi connectivity index (χ4v) is 5.86. The second kappa shape index (κ2) is 13.3. The number of hydrogen-bond acceptors (Lipinski definition) is 6. The van der Waals surface area contributed by atoms with Crippen molar-refractivity contribution < 1.29 is 24.2 Å². The van der Waals surface area contributed by atoms with Crippen molar-refractivity contribution in [2.45, 2.75) is 32.1 Å². The summed E-state index contributed by atoms with van der Waals surface area (Å²) >= 11 is 3.54. The van der Waals surface area contributed by atoms with Gasteiger partial charge in [0.05, 0.1) is 36.7 Å². The van der Waals surface area contributed by atoms with Gasteiger partial charge in [-0.2, -0.15) is 5.26 Å². The third-order valence-corrected chi connectivity index (χ3v) is 8.60. The monoisotopic (exact) mass is 669 g/mol. The van der Waals surface area contributed by atoms with Gasteiger partial charge >= 0.3 is 6.09 Å². The molecule has 0 unspecified atom stereocenters. The quantitative estimate of drug-likeness (QED) is 0.253. The number of ether oxygens (including phenoxy) is 1. The molecule has 4 aromatic carbocycles. The van der Waals surface area contributed by atoms with Gasteiger partial charge in [-0.05, 0) is 65.7 Å². The lowest BCUT2D eigenvalue weighted by Crippen LogP contribution is -2.56. The van der Waals surface area contributed by atoms with Gasteiger partial charge < -0.3 is 25.0 Å². The van der Waals surface area contributed by atoms with Gasteiger partial charge in [0, 0.05) is 30.2 Å². The van der Waals surface area contributed by atoms with Crippen LogP contribution in [0.3, 0.4) is 0 Å². The van der Waals surface area contributed by atoms with E-state index in [1.165, 1.54) is 14.0 Å². The van der Waals surface area contributed by atoms with E-state index >= 15 is 0 Å². The Kier molecular flexibility index (Phi) is 9.25. The molecule has 4 aromatic rings. The van der Waals surface area contributed by atoms with E-state index in [1.54, 1.807) is 24.1 Å². The molecule has 0 spiro atoms. The van der Waals surface area contributed by atoms with Gasteiger partial charge in [0.15, 0.2) is 0 Å². The normalized spacial score (nSPS) is 15.1. The Labute approximate surface area is 269 Å². The molecule has 1 aliphatic heterocycles. The zero-order valence-corrected chi connectivity index (χ0v) is 26.6. The first kappa shape index (κ1) is 31.3. The molecule has 11 heteroatoms. The number of likely N-dealkylation sites (N-methyl/N-ethyl adjacent to an activating group) is 1. The minimum absolute atomic E-state index is 0.126. The highest BCUT2D eigenvalue weighted by atomic mass is 79.9. The molecule has 2 atom stereocenters. The van der Waals surface area contributed by atoms with Crippen molar-refractivity contribution in [2.24, 2.45) is 0 Å². The van der Waals surface area contributed by atoms with Gasteiger partial charge in [-0.25, -0.2) is 4.79 Å². The highest BCUT2D eigenvalue weighted by molar-refractivity contribution is 9.10. The maximum Gasteiger partial charge on any atom is 0.407 e. The highest BCUT2D eigenvalue weighted by Gasteiger charge is 2.37. The predicted octanol–water partition coefficient (Wildman–Crippen LogP) is 5.52. The van der Waals surface area contributed by atoms with Gasteiger partial charge in [-0.3, -0.25) is 14.5 Å². The highest BCUT2D eigenvalue weighted by Crippen LogP contribution is 2.38. The minimum Gasteiger partial charge on any atom is -0.496 e. The van der Waals surface area contributed by atoms with Crippen molar-refractivity contribution in [1.82, 2.24) is 10.2 Å². The number of carbonyl (C=O) groups excluding carboxylic acids is 2. The fourth-order valence-electron chi connectivity index (χ4n) is 5.48. The third-order valence-electron chi connectivity index (χ3n) is 8.10. The second-order valence-corrected chi connectivity index (χ2v) is 11.8. The number of nitrogens with one attached hydrogen (secondary N) is 1. The van der Waals surface area contributed by atoms with Crippen LogP contribution in [0.15, 0.2) is 83.3 Å². The van der Waals surface area contributed by atoms with Crippen LogP contribution in [0, 0.1) is 11.3 Å². The van der Waals surface area contributed by atoms with E-state index in [0.717, 1.165) is 37.0 Å². The van der Waals surface area contributed by atoms with E-state index < -0.39 is 24.1 Å². The zero-order valence-electron chi connectivity index (χ0n) is 25.0. The van der Waals surface area contributed by atoms with Gasteiger partial charge in [0.1, 0.15) is 17.8 Å². The summed E-state index contributed by atoms with van der Waals surface area (Å²) in [6, 6.07) is 24.6. The van der Waals surface area contributed by atoms with Gasteiger partial charge in [-0.15, -0.1) is 0 Å². The Bertz CT molecular complexity index is 1810. The molecular formula is C34H32BrN5O5. The third kappa shape index (κ3) is 6.56. The first-order valence-corrected chi connectivity index (χ1v) is 15.1. The average molecular weight is 671 g/mol. The number of rotatable bonds is 8. The van der Waals surface area contributed by atoms with Crippen LogP contribution in [-0.2, 0) is 22.7 Å². The van der Waals surface area contributed by atoms with Crippen LogP contribution in [0.1, 0.15) is 23.6 Å². The molecule has 10 nitrogen and oxygen atoms in total. The SMILES string of the molecule is COc1ccc2cc(Br)ccc2c1CN1C(=O)[C@@H](NC(=O)[C@H](C)N(C)C(=O)O)CN(Cc2ccc(C#N)cc2)c2ccccc21. The van der Waals surface area contributed by atoms with Crippen LogP contribution < -0.4 is 19.9 Å². The lowest BCUT2D eigenvalue weighted by atomic mass is 10.0. The molecule has 5 rings (SSSR count). The lowest BCUT2D eigenvalue weighted by molar-refractivity contribution is -0.129. The van der Waals surface area contributed by atoms with E-state index in [9.17, 15) is 24.8 Å². The van der Waals surface area contributed by atoms with Crippen LogP contribution in [0.2, 0.25) is 0 Å². The Morgan fingerprint density at radius 3 is 2.47 bits per heavy atom. The number of nitriles is 1. The van der Waals surface area contributed by atoms with Crippen LogP contribution in [0.25, 0.3) is 10.8 Å². The number of benzene rings is 4. The van der Waals surface area contributed by atoms with E-state index in [2.05, 4.69) is 27.3 Å². The smallest absolute Gasteiger partial charge is 0.407 e. The predicted molar refractivity (Wildman–Crippen MR) is 175 cm³/mol. The Hall–Kier alpha value is -5.08. The summed E-state index contributed by atoms with van der Waals surface area (Å²) in [6.07, 6.45) is -1.25. The summed E-state index contributed by atoms with van der Waals surface area (Å²) in [7, 11) is 2.90. The van der Waals surface area contributed by atoms with Gasteiger partial charge in [0.2, 0.25) is 5.91 Å². The van der Waals surface area contributed by atoms with Crippen molar-refractivity contribution in [3.05, 3.63) is 100 Å². The molecule has 0 bridgehead atoms. The number of nitrogens with zero attached hydrogens (tertiary/aromatic N) is 4. The van der Waals surface area contributed by atoms with Crippen molar-refractivity contribution in [3.8, 4) is 11.8 Å². The second-order valence-electron chi connectivity index (χ2n) is 10.8. The maximum absolute atomic E-state index is 14.5. The Morgan fingerprint density at radius 1 is 1.09 bits per heavy atom. The van der Waals surface area contributed by atoms with E-state index in [1.807, 2.05) is 71.6 Å². The molecule has 0 aromatic heterocycles. The van der Waals surface area contributed by atoms with Gasteiger partial charge in [-0.1, -0.05) is 52.3 Å². The van der Waals surface area contributed by atoms with E-state index in [-0.39, 0.29) is 19.0 Å².